The van der Waals surface area contributed by atoms with Crippen LogP contribution in [0.5, 0.6) is 5.75 Å². The number of rotatable bonds is 3. The largest absolute Gasteiger partial charge is 0.486 e. The molecule has 6 heteroatoms. The Balaban J connectivity index is 2.09. The van der Waals surface area contributed by atoms with Crippen LogP contribution in [0.1, 0.15) is 39.4 Å². The van der Waals surface area contributed by atoms with Crippen LogP contribution >= 0.6 is 0 Å². The van der Waals surface area contributed by atoms with Crippen molar-refractivity contribution in [1.82, 2.24) is 0 Å². The molecule has 2 unspecified atom stereocenters. The maximum atomic E-state index is 12.6. The van der Waals surface area contributed by atoms with E-state index in [1.165, 1.54) is 6.07 Å². The van der Waals surface area contributed by atoms with Gasteiger partial charge in [-0.1, -0.05) is 13.8 Å². The van der Waals surface area contributed by atoms with Gasteiger partial charge in [-0.3, -0.25) is 4.79 Å². The molecular weight excluding hydrogens is 324 g/mol. The third-order valence-electron chi connectivity index (χ3n) is 4.33. The highest BCUT2D eigenvalue weighted by molar-refractivity contribution is 5.85. The van der Waals surface area contributed by atoms with E-state index < -0.39 is 29.2 Å². The first kappa shape index (κ1) is 17.5. The molecule has 0 aliphatic carbocycles. The molecule has 1 aromatic heterocycles. The second-order valence-electron chi connectivity index (χ2n) is 7.30. The number of carbonyl (C=O) groups excluding carboxylic acids is 1. The van der Waals surface area contributed by atoms with Gasteiger partial charge in [0.2, 0.25) is 0 Å². The molecule has 134 valence electrons. The SMILES string of the molecule is CC(C)COC(=O)C1C(O)c2c(ccc3ccc(=O)oc23)OC1(C)C. The Morgan fingerprint density at radius 1 is 1.28 bits per heavy atom. The van der Waals surface area contributed by atoms with Crippen LogP contribution in [-0.2, 0) is 9.53 Å². The predicted octanol–water partition coefficient (Wildman–Crippen LogP) is 2.81. The van der Waals surface area contributed by atoms with Gasteiger partial charge in [-0.2, -0.15) is 0 Å². The number of benzene rings is 1. The van der Waals surface area contributed by atoms with Gasteiger partial charge in [0.05, 0.1) is 12.2 Å². The van der Waals surface area contributed by atoms with Crippen LogP contribution in [0.3, 0.4) is 0 Å². The smallest absolute Gasteiger partial charge is 0.336 e. The van der Waals surface area contributed by atoms with E-state index in [1.54, 1.807) is 32.0 Å². The standard InChI is InChI=1S/C19H22O6/c1-10(2)9-23-18(22)15-16(21)14-12(25-19(15,3)4)7-5-11-6-8-13(20)24-17(11)14/h5-8,10,15-16,21H,9H2,1-4H3. The number of hydrogen-bond acceptors (Lipinski definition) is 6. The summed E-state index contributed by atoms with van der Waals surface area (Å²) >= 11 is 0. The van der Waals surface area contributed by atoms with E-state index in [4.69, 9.17) is 13.9 Å². The number of aliphatic hydroxyl groups is 1. The molecule has 25 heavy (non-hydrogen) atoms. The second kappa shape index (κ2) is 6.19. The first-order valence-corrected chi connectivity index (χ1v) is 8.31. The van der Waals surface area contributed by atoms with Crippen molar-refractivity contribution in [2.45, 2.75) is 39.4 Å². The summed E-state index contributed by atoms with van der Waals surface area (Å²) in [6, 6.07) is 6.37. The lowest BCUT2D eigenvalue weighted by Gasteiger charge is -2.41. The third kappa shape index (κ3) is 3.14. The van der Waals surface area contributed by atoms with Gasteiger partial charge in [-0.05, 0) is 38.0 Å². The normalized spacial score (nSPS) is 21.7. The topological polar surface area (TPSA) is 86.0 Å². The molecule has 2 atom stereocenters. The van der Waals surface area contributed by atoms with E-state index in [0.29, 0.717) is 16.7 Å². The Hall–Kier alpha value is -2.34. The van der Waals surface area contributed by atoms with Gasteiger partial charge in [0.25, 0.3) is 0 Å². The number of esters is 1. The molecule has 0 radical (unpaired) electrons. The van der Waals surface area contributed by atoms with E-state index >= 15 is 0 Å². The van der Waals surface area contributed by atoms with E-state index in [9.17, 15) is 14.7 Å². The molecule has 1 N–H and O–H groups in total. The molecule has 3 rings (SSSR count). The first-order chi connectivity index (χ1) is 11.7. The van der Waals surface area contributed by atoms with Gasteiger partial charge in [0.15, 0.2) is 0 Å². The fourth-order valence-electron chi connectivity index (χ4n) is 3.15. The molecule has 0 bridgehead atoms. The zero-order valence-corrected chi connectivity index (χ0v) is 14.7. The van der Waals surface area contributed by atoms with Gasteiger partial charge >= 0.3 is 11.6 Å². The maximum Gasteiger partial charge on any atom is 0.336 e. The average molecular weight is 346 g/mol. The van der Waals surface area contributed by atoms with Crippen molar-refractivity contribution in [3.8, 4) is 5.75 Å². The van der Waals surface area contributed by atoms with Crippen molar-refractivity contribution in [3.63, 3.8) is 0 Å². The van der Waals surface area contributed by atoms with Crippen LogP contribution < -0.4 is 10.4 Å². The minimum absolute atomic E-state index is 0.180. The highest BCUT2D eigenvalue weighted by Crippen LogP contribution is 2.46. The van der Waals surface area contributed by atoms with Gasteiger partial charge in [0.1, 0.15) is 29.0 Å². The monoisotopic (exact) mass is 346 g/mol. The third-order valence-corrected chi connectivity index (χ3v) is 4.33. The summed E-state index contributed by atoms with van der Waals surface area (Å²) in [5.74, 6) is -0.894. The lowest BCUT2D eigenvalue weighted by Crippen LogP contribution is -2.49. The minimum Gasteiger partial charge on any atom is -0.486 e. The highest BCUT2D eigenvalue weighted by Gasteiger charge is 2.49. The fraction of sp³-hybridized carbons (Fsp3) is 0.474. The van der Waals surface area contributed by atoms with Crippen molar-refractivity contribution in [1.29, 1.82) is 0 Å². The van der Waals surface area contributed by atoms with E-state index in [0.717, 1.165) is 0 Å². The molecule has 0 amide bonds. The predicted molar refractivity (Wildman–Crippen MR) is 91.4 cm³/mol. The Morgan fingerprint density at radius 2 is 1.96 bits per heavy atom. The van der Waals surface area contributed by atoms with E-state index in [-0.39, 0.29) is 18.1 Å². The second-order valence-corrected chi connectivity index (χ2v) is 7.30. The van der Waals surface area contributed by atoms with Crippen LogP contribution in [0, 0.1) is 11.8 Å². The average Bonchev–Trinajstić information content (AvgIpc) is 2.51. The molecule has 2 aromatic rings. The van der Waals surface area contributed by atoms with Crippen LogP contribution in [0.4, 0.5) is 0 Å². The summed E-state index contributed by atoms with van der Waals surface area (Å²) in [6.45, 7) is 7.58. The lowest BCUT2D eigenvalue weighted by atomic mass is 9.79. The number of fused-ring (bicyclic) bond motifs is 3. The number of hydrogen-bond donors (Lipinski definition) is 1. The van der Waals surface area contributed by atoms with Crippen LogP contribution in [0.2, 0.25) is 0 Å². The number of carbonyl (C=O) groups is 1. The fourth-order valence-corrected chi connectivity index (χ4v) is 3.15. The van der Waals surface area contributed by atoms with Gasteiger partial charge in [-0.25, -0.2) is 4.79 Å². The minimum atomic E-state index is -1.20. The van der Waals surface area contributed by atoms with Crippen molar-refractivity contribution in [2.24, 2.45) is 11.8 Å². The molecule has 0 saturated carbocycles. The molecule has 1 aliphatic heterocycles. The Kier molecular flexibility index (Phi) is 4.33. The van der Waals surface area contributed by atoms with Crippen molar-refractivity contribution in [3.05, 3.63) is 40.2 Å². The summed E-state index contributed by atoms with van der Waals surface area (Å²) in [5.41, 5.74) is -0.962. The van der Waals surface area contributed by atoms with Crippen molar-refractivity contribution >= 4 is 16.9 Å². The van der Waals surface area contributed by atoms with Crippen molar-refractivity contribution in [2.75, 3.05) is 6.61 Å². The van der Waals surface area contributed by atoms with E-state index in [1.807, 2.05) is 13.8 Å². The molecule has 0 spiro atoms. The molecular formula is C19H22O6. The summed E-state index contributed by atoms with van der Waals surface area (Å²) in [6.07, 6.45) is -1.20. The van der Waals surface area contributed by atoms with Crippen LogP contribution in [0.15, 0.2) is 33.5 Å². The zero-order valence-electron chi connectivity index (χ0n) is 14.7. The number of aliphatic hydroxyl groups excluding tert-OH is 1. The molecule has 0 fully saturated rings. The quantitative estimate of drug-likeness (QED) is 0.679. The lowest BCUT2D eigenvalue weighted by molar-refractivity contribution is -0.166. The first-order valence-electron chi connectivity index (χ1n) is 8.31. The van der Waals surface area contributed by atoms with Crippen LogP contribution in [-0.4, -0.2) is 23.3 Å². The van der Waals surface area contributed by atoms with Gasteiger partial charge < -0.3 is 19.0 Å². The Bertz CT molecular complexity index is 864. The Morgan fingerprint density at radius 3 is 2.64 bits per heavy atom. The summed E-state index contributed by atoms with van der Waals surface area (Å²) < 4.78 is 16.6. The van der Waals surface area contributed by atoms with E-state index in [2.05, 4.69) is 0 Å². The highest BCUT2D eigenvalue weighted by atomic mass is 16.5. The summed E-state index contributed by atoms with van der Waals surface area (Å²) in [7, 11) is 0. The summed E-state index contributed by atoms with van der Waals surface area (Å²) in [4.78, 5) is 24.2. The van der Waals surface area contributed by atoms with Gasteiger partial charge in [-0.15, -0.1) is 0 Å². The van der Waals surface area contributed by atoms with Crippen molar-refractivity contribution < 1.29 is 23.8 Å². The molecule has 1 aromatic carbocycles. The zero-order chi connectivity index (χ0) is 18.4. The van der Waals surface area contributed by atoms with Crippen LogP contribution in [0.25, 0.3) is 11.0 Å². The number of ether oxygens (including phenoxy) is 2. The molecule has 1 aliphatic rings. The molecule has 6 nitrogen and oxygen atoms in total. The van der Waals surface area contributed by atoms with Gasteiger partial charge in [0, 0.05) is 11.5 Å². The maximum absolute atomic E-state index is 12.6. The Labute approximate surface area is 145 Å². The summed E-state index contributed by atoms with van der Waals surface area (Å²) in [5, 5.41) is 11.6. The molecule has 0 saturated heterocycles. The molecule has 2 heterocycles.